The zero-order valence-corrected chi connectivity index (χ0v) is 9.69. The topological polar surface area (TPSA) is 9.23 Å². The van der Waals surface area contributed by atoms with Gasteiger partial charge in [0.1, 0.15) is 0 Å². The fraction of sp³-hybridized carbons (Fsp3) is 1.00. The second kappa shape index (κ2) is 4.61. The minimum absolute atomic E-state index is 0.578. The largest absolute Gasteiger partial charge is 0.382 e. The maximum atomic E-state index is 5.38. The smallest absolute Gasteiger partial charge is 0.0471 e. The average molecular weight is 235 g/mol. The van der Waals surface area contributed by atoms with Crippen molar-refractivity contribution in [2.75, 3.05) is 18.5 Å². The zero-order valence-electron chi connectivity index (χ0n) is 8.11. The summed E-state index contributed by atoms with van der Waals surface area (Å²) in [5, 5.41) is 1.15. The van der Waals surface area contributed by atoms with Gasteiger partial charge in [0.25, 0.3) is 0 Å². The first-order valence-corrected chi connectivity index (χ1v) is 5.98. The molecule has 0 aromatic carbocycles. The van der Waals surface area contributed by atoms with Crippen LogP contribution in [0.4, 0.5) is 0 Å². The van der Waals surface area contributed by atoms with E-state index in [4.69, 9.17) is 4.74 Å². The van der Waals surface area contributed by atoms with E-state index in [2.05, 4.69) is 29.8 Å². The quantitative estimate of drug-likeness (QED) is 0.525. The Morgan fingerprint density at radius 2 is 2.17 bits per heavy atom. The molecule has 0 bridgehead atoms. The number of rotatable bonds is 5. The molecule has 2 heteroatoms. The van der Waals surface area contributed by atoms with Crippen LogP contribution in [0.2, 0.25) is 0 Å². The van der Waals surface area contributed by atoms with Crippen molar-refractivity contribution in [3.8, 4) is 0 Å². The van der Waals surface area contributed by atoms with Gasteiger partial charge in [0.05, 0.1) is 0 Å². The third-order valence-corrected chi connectivity index (χ3v) is 4.02. The van der Waals surface area contributed by atoms with E-state index in [0.717, 1.165) is 24.5 Å². The fourth-order valence-corrected chi connectivity index (χ4v) is 2.97. The highest BCUT2D eigenvalue weighted by atomic mass is 79.9. The van der Waals surface area contributed by atoms with E-state index in [-0.39, 0.29) is 0 Å². The van der Waals surface area contributed by atoms with Crippen molar-refractivity contribution in [2.24, 2.45) is 11.3 Å². The molecule has 0 heterocycles. The number of hydrogen-bond acceptors (Lipinski definition) is 1. The van der Waals surface area contributed by atoms with Crippen LogP contribution < -0.4 is 0 Å². The zero-order chi connectivity index (χ0) is 9.03. The molecule has 1 aliphatic rings. The molecule has 72 valence electrons. The van der Waals surface area contributed by atoms with Crippen molar-refractivity contribution in [2.45, 2.75) is 33.1 Å². The first-order valence-electron chi connectivity index (χ1n) is 4.86. The standard InChI is InChI=1S/C10H19BrO/c1-3-12-5-4-10(8-11)6-9(2)7-10/h9H,3-8H2,1-2H3. The first kappa shape index (κ1) is 10.5. The van der Waals surface area contributed by atoms with E-state index in [9.17, 15) is 0 Å². The van der Waals surface area contributed by atoms with Crippen LogP contribution in [0.15, 0.2) is 0 Å². The van der Waals surface area contributed by atoms with Gasteiger partial charge in [0.2, 0.25) is 0 Å². The van der Waals surface area contributed by atoms with Crippen LogP contribution in [0.5, 0.6) is 0 Å². The van der Waals surface area contributed by atoms with Gasteiger partial charge < -0.3 is 4.74 Å². The molecule has 0 amide bonds. The summed E-state index contributed by atoms with van der Waals surface area (Å²) in [7, 11) is 0. The third kappa shape index (κ3) is 2.46. The summed E-state index contributed by atoms with van der Waals surface area (Å²) in [4.78, 5) is 0. The molecular weight excluding hydrogens is 216 g/mol. The SMILES string of the molecule is CCOCCC1(CBr)CC(C)C1. The maximum Gasteiger partial charge on any atom is 0.0471 e. The van der Waals surface area contributed by atoms with E-state index in [1.807, 2.05) is 0 Å². The molecule has 0 atom stereocenters. The van der Waals surface area contributed by atoms with Crippen molar-refractivity contribution in [3.63, 3.8) is 0 Å². The molecule has 0 unspecified atom stereocenters. The lowest BCUT2D eigenvalue weighted by Gasteiger charge is -2.45. The Kier molecular flexibility index (Phi) is 4.04. The van der Waals surface area contributed by atoms with Crippen molar-refractivity contribution in [1.82, 2.24) is 0 Å². The van der Waals surface area contributed by atoms with Gasteiger partial charge in [0.15, 0.2) is 0 Å². The number of ether oxygens (including phenoxy) is 1. The highest BCUT2D eigenvalue weighted by Crippen LogP contribution is 2.49. The molecule has 1 fully saturated rings. The van der Waals surface area contributed by atoms with Gasteiger partial charge in [-0.15, -0.1) is 0 Å². The lowest BCUT2D eigenvalue weighted by Crippen LogP contribution is -2.38. The first-order chi connectivity index (χ1) is 5.72. The van der Waals surface area contributed by atoms with Gasteiger partial charge in [-0.25, -0.2) is 0 Å². The van der Waals surface area contributed by atoms with E-state index in [1.165, 1.54) is 19.3 Å². The molecule has 1 aliphatic carbocycles. The van der Waals surface area contributed by atoms with Gasteiger partial charge >= 0.3 is 0 Å². The molecule has 0 aliphatic heterocycles. The molecule has 1 rings (SSSR count). The lowest BCUT2D eigenvalue weighted by molar-refractivity contribution is 0.0379. The van der Waals surface area contributed by atoms with Crippen LogP contribution in [0.1, 0.15) is 33.1 Å². The monoisotopic (exact) mass is 234 g/mol. The molecule has 0 aromatic heterocycles. The minimum atomic E-state index is 0.578. The maximum absolute atomic E-state index is 5.38. The molecule has 1 saturated carbocycles. The summed E-state index contributed by atoms with van der Waals surface area (Å²) < 4.78 is 5.38. The molecule has 1 nitrogen and oxygen atoms in total. The van der Waals surface area contributed by atoms with Gasteiger partial charge in [-0.1, -0.05) is 22.9 Å². The summed E-state index contributed by atoms with van der Waals surface area (Å²) in [5.74, 6) is 0.934. The predicted octanol–water partition coefficient (Wildman–Crippen LogP) is 3.22. The normalized spacial score (nSPS) is 34.8. The lowest BCUT2D eigenvalue weighted by atomic mass is 9.62. The van der Waals surface area contributed by atoms with Crippen LogP contribution in [0.25, 0.3) is 0 Å². The molecule has 0 N–H and O–H groups in total. The Labute approximate surface area is 84.0 Å². The Hall–Kier alpha value is 0.440. The highest BCUT2D eigenvalue weighted by Gasteiger charge is 2.40. The van der Waals surface area contributed by atoms with Crippen LogP contribution in [0.3, 0.4) is 0 Å². The number of halogens is 1. The molecule has 0 spiro atoms. The molecule has 0 saturated heterocycles. The Balaban J connectivity index is 2.18. The van der Waals surface area contributed by atoms with Crippen molar-refractivity contribution in [3.05, 3.63) is 0 Å². The fourth-order valence-electron chi connectivity index (χ4n) is 2.23. The van der Waals surface area contributed by atoms with E-state index in [0.29, 0.717) is 5.41 Å². The summed E-state index contributed by atoms with van der Waals surface area (Å²) in [6, 6.07) is 0. The van der Waals surface area contributed by atoms with E-state index in [1.54, 1.807) is 0 Å². The second-order valence-electron chi connectivity index (χ2n) is 4.09. The van der Waals surface area contributed by atoms with Crippen LogP contribution in [0, 0.1) is 11.3 Å². The Morgan fingerprint density at radius 3 is 2.58 bits per heavy atom. The van der Waals surface area contributed by atoms with Crippen molar-refractivity contribution in [1.29, 1.82) is 0 Å². The second-order valence-corrected chi connectivity index (χ2v) is 4.65. The molecule has 0 radical (unpaired) electrons. The summed E-state index contributed by atoms with van der Waals surface area (Å²) in [5.41, 5.74) is 0.578. The van der Waals surface area contributed by atoms with Gasteiger partial charge in [-0.2, -0.15) is 0 Å². The van der Waals surface area contributed by atoms with E-state index >= 15 is 0 Å². The molecule has 0 aromatic rings. The van der Waals surface area contributed by atoms with Gasteiger partial charge in [0, 0.05) is 18.5 Å². The molecular formula is C10H19BrO. The highest BCUT2D eigenvalue weighted by molar-refractivity contribution is 9.09. The Bertz CT molecular complexity index is 130. The number of alkyl halides is 1. The summed E-state index contributed by atoms with van der Waals surface area (Å²) in [6.07, 6.45) is 3.99. The van der Waals surface area contributed by atoms with Crippen LogP contribution in [-0.4, -0.2) is 18.5 Å². The van der Waals surface area contributed by atoms with Gasteiger partial charge in [-0.05, 0) is 37.5 Å². The van der Waals surface area contributed by atoms with Crippen molar-refractivity contribution >= 4 is 15.9 Å². The Morgan fingerprint density at radius 1 is 1.50 bits per heavy atom. The van der Waals surface area contributed by atoms with E-state index < -0.39 is 0 Å². The summed E-state index contributed by atoms with van der Waals surface area (Å²) >= 11 is 3.61. The van der Waals surface area contributed by atoms with Crippen LogP contribution in [-0.2, 0) is 4.74 Å². The predicted molar refractivity (Wildman–Crippen MR) is 55.7 cm³/mol. The van der Waals surface area contributed by atoms with Gasteiger partial charge in [-0.3, -0.25) is 0 Å². The minimum Gasteiger partial charge on any atom is -0.382 e. The summed E-state index contributed by atoms with van der Waals surface area (Å²) in [6.45, 7) is 6.19. The number of hydrogen-bond donors (Lipinski definition) is 0. The average Bonchev–Trinajstić information content (AvgIpc) is 2.01. The van der Waals surface area contributed by atoms with Crippen LogP contribution >= 0.6 is 15.9 Å². The molecule has 12 heavy (non-hydrogen) atoms. The van der Waals surface area contributed by atoms with Crippen molar-refractivity contribution < 1.29 is 4.74 Å². The third-order valence-electron chi connectivity index (χ3n) is 2.83.